The van der Waals surface area contributed by atoms with E-state index < -0.39 is 5.97 Å². The normalized spacial score (nSPS) is 11.3. The van der Waals surface area contributed by atoms with Gasteiger partial charge in [0.05, 0.1) is 6.54 Å². The molecule has 0 saturated carbocycles. The topological polar surface area (TPSA) is 67.6 Å². The van der Waals surface area contributed by atoms with Crippen molar-refractivity contribution >= 4 is 17.9 Å². The van der Waals surface area contributed by atoms with Crippen LogP contribution in [0.2, 0.25) is 0 Å². The fraction of sp³-hybridized carbons (Fsp3) is 0.200. The van der Waals surface area contributed by atoms with Crippen LogP contribution in [0, 0.1) is 0 Å². The SMILES string of the molecule is CCC(=Cc1cn(Cc2ccc(OCCN(C)c3ccccn3)cc2)cc1-c1ccccc1)C(=O)O. The summed E-state index contributed by atoms with van der Waals surface area (Å²) < 4.78 is 8.02. The first-order chi connectivity index (χ1) is 17.5. The number of anilines is 1. The largest absolute Gasteiger partial charge is 0.492 e. The molecule has 0 aliphatic carbocycles. The molecule has 0 fully saturated rings. The Hall–Kier alpha value is -4.32. The molecule has 2 aromatic carbocycles. The molecule has 0 radical (unpaired) electrons. The van der Waals surface area contributed by atoms with E-state index in [0.29, 0.717) is 25.1 Å². The number of aromatic nitrogens is 2. The Bertz CT molecular complexity index is 1300. The Labute approximate surface area is 212 Å². The van der Waals surface area contributed by atoms with E-state index in [2.05, 4.69) is 32.8 Å². The smallest absolute Gasteiger partial charge is 0.331 e. The number of rotatable bonds is 11. The molecule has 4 rings (SSSR count). The number of carbonyl (C=O) groups is 1. The second kappa shape index (κ2) is 11.9. The van der Waals surface area contributed by atoms with Gasteiger partial charge in [0.25, 0.3) is 0 Å². The zero-order valence-corrected chi connectivity index (χ0v) is 20.7. The number of carboxylic acids is 1. The summed E-state index contributed by atoms with van der Waals surface area (Å²) in [7, 11) is 2.00. The van der Waals surface area contributed by atoms with Crippen LogP contribution in [-0.4, -0.2) is 40.8 Å². The summed E-state index contributed by atoms with van der Waals surface area (Å²) in [5.74, 6) is 0.857. The Morgan fingerprint density at radius 1 is 1.03 bits per heavy atom. The molecule has 0 unspecified atom stereocenters. The summed E-state index contributed by atoms with van der Waals surface area (Å²) in [6.45, 7) is 3.82. The highest BCUT2D eigenvalue weighted by atomic mass is 16.5. The Morgan fingerprint density at radius 3 is 2.44 bits per heavy atom. The second-order valence-electron chi connectivity index (χ2n) is 8.60. The van der Waals surface area contributed by atoms with Gasteiger partial charge in [-0.25, -0.2) is 9.78 Å². The summed E-state index contributed by atoms with van der Waals surface area (Å²) in [6, 6.07) is 24.0. The molecule has 0 saturated heterocycles. The molecule has 2 aromatic heterocycles. The maximum absolute atomic E-state index is 11.6. The van der Waals surface area contributed by atoms with E-state index in [4.69, 9.17) is 4.74 Å². The van der Waals surface area contributed by atoms with Crippen LogP contribution in [0.1, 0.15) is 24.5 Å². The van der Waals surface area contributed by atoms with Gasteiger partial charge in [-0.05, 0) is 47.9 Å². The van der Waals surface area contributed by atoms with Gasteiger partial charge in [-0.3, -0.25) is 0 Å². The monoisotopic (exact) mass is 481 g/mol. The van der Waals surface area contributed by atoms with Crippen LogP contribution >= 0.6 is 0 Å². The first kappa shape index (κ1) is 24.8. The van der Waals surface area contributed by atoms with E-state index in [1.54, 1.807) is 12.3 Å². The van der Waals surface area contributed by atoms with Crippen molar-refractivity contribution in [2.24, 2.45) is 0 Å². The number of ether oxygens (including phenoxy) is 1. The Morgan fingerprint density at radius 2 is 1.78 bits per heavy atom. The number of pyridine rings is 1. The minimum Gasteiger partial charge on any atom is -0.492 e. The van der Waals surface area contributed by atoms with Crippen molar-refractivity contribution in [1.82, 2.24) is 9.55 Å². The van der Waals surface area contributed by atoms with Crippen LogP contribution < -0.4 is 9.64 Å². The lowest BCUT2D eigenvalue weighted by atomic mass is 10.0. The van der Waals surface area contributed by atoms with Crippen LogP contribution in [-0.2, 0) is 11.3 Å². The summed E-state index contributed by atoms with van der Waals surface area (Å²) >= 11 is 0. The molecular formula is C30H31N3O3. The van der Waals surface area contributed by atoms with Gasteiger partial charge in [-0.1, -0.05) is 55.5 Å². The van der Waals surface area contributed by atoms with Gasteiger partial charge in [-0.2, -0.15) is 0 Å². The lowest BCUT2D eigenvalue weighted by Gasteiger charge is -2.18. The molecule has 0 aliphatic heterocycles. The fourth-order valence-corrected chi connectivity index (χ4v) is 3.99. The van der Waals surface area contributed by atoms with Gasteiger partial charge in [0.15, 0.2) is 0 Å². The number of hydrogen-bond donors (Lipinski definition) is 1. The molecule has 0 amide bonds. The number of aliphatic carboxylic acids is 1. The average molecular weight is 482 g/mol. The molecular weight excluding hydrogens is 450 g/mol. The number of carboxylic acid groups (broad SMARTS) is 1. The zero-order chi connectivity index (χ0) is 25.3. The minimum absolute atomic E-state index is 0.389. The van der Waals surface area contributed by atoms with Crippen molar-refractivity contribution in [3.8, 4) is 16.9 Å². The summed E-state index contributed by atoms with van der Waals surface area (Å²) in [4.78, 5) is 18.0. The number of hydrogen-bond acceptors (Lipinski definition) is 4. The van der Waals surface area contributed by atoms with Gasteiger partial charge in [0.1, 0.15) is 18.2 Å². The van der Waals surface area contributed by atoms with Gasteiger partial charge in [0.2, 0.25) is 0 Å². The molecule has 0 atom stereocenters. The van der Waals surface area contributed by atoms with Gasteiger partial charge < -0.3 is 19.3 Å². The molecule has 0 spiro atoms. The number of likely N-dealkylation sites (N-methyl/N-ethyl adjacent to an activating group) is 1. The first-order valence-corrected chi connectivity index (χ1v) is 12.1. The van der Waals surface area contributed by atoms with Gasteiger partial charge >= 0.3 is 5.97 Å². The highest BCUT2D eigenvalue weighted by Gasteiger charge is 2.12. The maximum atomic E-state index is 11.6. The van der Waals surface area contributed by atoms with E-state index in [1.165, 1.54) is 0 Å². The molecule has 4 aromatic rings. The predicted molar refractivity (Wildman–Crippen MR) is 144 cm³/mol. The van der Waals surface area contributed by atoms with E-state index in [0.717, 1.165) is 40.4 Å². The Balaban J connectivity index is 1.44. The quantitative estimate of drug-likeness (QED) is 0.267. The van der Waals surface area contributed by atoms with E-state index in [-0.39, 0.29) is 0 Å². The average Bonchev–Trinajstić information content (AvgIpc) is 3.31. The zero-order valence-electron chi connectivity index (χ0n) is 20.7. The van der Waals surface area contributed by atoms with Gasteiger partial charge in [0, 0.05) is 48.9 Å². The number of benzene rings is 2. The van der Waals surface area contributed by atoms with Crippen LogP contribution in [0.25, 0.3) is 17.2 Å². The third-order valence-electron chi connectivity index (χ3n) is 6.01. The van der Waals surface area contributed by atoms with Crippen molar-refractivity contribution in [3.63, 3.8) is 0 Å². The molecule has 2 heterocycles. The van der Waals surface area contributed by atoms with Crippen molar-refractivity contribution in [3.05, 3.63) is 108 Å². The van der Waals surface area contributed by atoms with Crippen molar-refractivity contribution in [2.45, 2.75) is 19.9 Å². The lowest BCUT2D eigenvalue weighted by molar-refractivity contribution is -0.132. The maximum Gasteiger partial charge on any atom is 0.331 e. The van der Waals surface area contributed by atoms with Crippen LogP contribution in [0.15, 0.2) is 97.0 Å². The molecule has 0 aliphatic rings. The Kier molecular flexibility index (Phi) is 8.19. The van der Waals surface area contributed by atoms with Crippen molar-refractivity contribution in [1.29, 1.82) is 0 Å². The molecule has 36 heavy (non-hydrogen) atoms. The summed E-state index contributed by atoms with van der Waals surface area (Å²) in [5, 5.41) is 9.52. The van der Waals surface area contributed by atoms with Gasteiger partial charge in [-0.15, -0.1) is 0 Å². The summed E-state index contributed by atoms with van der Waals surface area (Å²) in [5.41, 5.74) is 4.49. The fourth-order valence-electron chi connectivity index (χ4n) is 3.99. The highest BCUT2D eigenvalue weighted by molar-refractivity contribution is 5.93. The third-order valence-corrected chi connectivity index (χ3v) is 6.01. The molecule has 1 N–H and O–H groups in total. The standard InChI is InChI=1S/C30H31N3O3/c1-3-24(30(34)35)19-26-21-33(22-28(26)25-9-5-4-6-10-25)20-23-12-14-27(15-13-23)36-18-17-32(2)29-11-7-8-16-31-29/h4-16,19,21-22H,3,17-18,20H2,1-2H3,(H,34,35). The van der Waals surface area contributed by atoms with Crippen molar-refractivity contribution < 1.29 is 14.6 Å². The van der Waals surface area contributed by atoms with Crippen molar-refractivity contribution in [2.75, 3.05) is 25.1 Å². The van der Waals surface area contributed by atoms with Crippen LogP contribution in [0.4, 0.5) is 5.82 Å². The summed E-state index contributed by atoms with van der Waals surface area (Å²) in [6.07, 6.45) is 8.12. The number of nitrogens with zero attached hydrogens (tertiary/aromatic N) is 3. The van der Waals surface area contributed by atoms with E-state index >= 15 is 0 Å². The minimum atomic E-state index is -0.883. The predicted octanol–water partition coefficient (Wildman–Crippen LogP) is 5.99. The molecule has 6 heteroatoms. The van der Waals surface area contributed by atoms with E-state index in [9.17, 15) is 9.90 Å². The highest BCUT2D eigenvalue weighted by Crippen LogP contribution is 2.28. The molecule has 6 nitrogen and oxygen atoms in total. The third kappa shape index (κ3) is 6.42. The molecule has 184 valence electrons. The van der Waals surface area contributed by atoms with Crippen LogP contribution in [0.3, 0.4) is 0 Å². The lowest BCUT2D eigenvalue weighted by Crippen LogP contribution is -2.24. The molecule has 0 bridgehead atoms. The second-order valence-corrected chi connectivity index (χ2v) is 8.60. The van der Waals surface area contributed by atoms with Crippen LogP contribution in [0.5, 0.6) is 5.75 Å². The first-order valence-electron chi connectivity index (χ1n) is 12.1. The van der Waals surface area contributed by atoms with E-state index in [1.807, 2.05) is 80.8 Å².